The molecular weight excluding hydrogens is 284 g/mol. The molecule has 0 heterocycles. The molecule has 0 aromatic heterocycles. The monoisotopic (exact) mass is 314 g/mol. The molecule has 2 aromatic rings. The van der Waals surface area contributed by atoms with Gasteiger partial charge in [0.15, 0.2) is 0 Å². The SMILES string of the molecule is CC.CC(C)c1ccccc1Sc1ccccc1C(C)(C)C. The fourth-order valence-corrected chi connectivity index (χ4v) is 3.78. The Balaban J connectivity index is 0.00000116. The Labute approximate surface area is 141 Å². The van der Waals surface area contributed by atoms with Gasteiger partial charge in [0.05, 0.1) is 0 Å². The Hall–Kier alpha value is -1.21. The summed E-state index contributed by atoms with van der Waals surface area (Å²) in [5.41, 5.74) is 3.03. The molecule has 2 aromatic carbocycles. The van der Waals surface area contributed by atoms with Crippen molar-refractivity contribution in [1.82, 2.24) is 0 Å². The summed E-state index contributed by atoms with van der Waals surface area (Å²) < 4.78 is 0. The molecule has 0 N–H and O–H groups in total. The van der Waals surface area contributed by atoms with Crippen molar-refractivity contribution < 1.29 is 0 Å². The number of hydrogen-bond donors (Lipinski definition) is 0. The van der Waals surface area contributed by atoms with E-state index in [4.69, 9.17) is 0 Å². The Morgan fingerprint density at radius 1 is 0.773 bits per heavy atom. The molecule has 0 radical (unpaired) electrons. The van der Waals surface area contributed by atoms with Crippen LogP contribution in [0.2, 0.25) is 0 Å². The topological polar surface area (TPSA) is 0 Å². The normalized spacial score (nSPS) is 11.1. The third-order valence-corrected chi connectivity index (χ3v) is 4.62. The van der Waals surface area contributed by atoms with Crippen LogP contribution in [0.1, 0.15) is 65.5 Å². The lowest BCUT2D eigenvalue weighted by atomic mass is 9.87. The first-order valence-electron chi connectivity index (χ1n) is 8.26. The van der Waals surface area contributed by atoms with Crippen LogP contribution in [0.3, 0.4) is 0 Å². The van der Waals surface area contributed by atoms with Gasteiger partial charge in [-0.1, -0.05) is 96.6 Å². The Morgan fingerprint density at radius 3 is 1.82 bits per heavy atom. The molecule has 1 heteroatoms. The zero-order valence-electron chi connectivity index (χ0n) is 15.1. The highest BCUT2D eigenvalue weighted by Crippen LogP contribution is 2.39. The van der Waals surface area contributed by atoms with E-state index in [0.29, 0.717) is 5.92 Å². The lowest BCUT2D eigenvalue weighted by Gasteiger charge is -2.23. The van der Waals surface area contributed by atoms with Crippen molar-refractivity contribution in [3.05, 3.63) is 59.7 Å². The van der Waals surface area contributed by atoms with Crippen LogP contribution in [0.5, 0.6) is 0 Å². The quantitative estimate of drug-likeness (QED) is 0.573. The fourth-order valence-electron chi connectivity index (χ4n) is 2.34. The van der Waals surface area contributed by atoms with E-state index in [1.807, 2.05) is 25.6 Å². The first kappa shape index (κ1) is 18.8. The van der Waals surface area contributed by atoms with Gasteiger partial charge in [-0.2, -0.15) is 0 Å². The Kier molecular flexibility index (Phi) is 7.22. The van der Waals surface area contributed by atoms with Gasteiger partial charge < -0.3 is 0 Å². The van der Waals surface area contributed by atoms with Crippen LogP contribution in [0.25, 0.3) is 0 Å². The molecule has 120 valence electrons. The van der Waals surface area contributed by atoms with E-state index in [1.54, 1.807) is 0 Å². The Morgan fingerprint density at radius 2 is 1.27 bits per heavy atom. The average Bonchev–Trinajstić information content (AvgIpc) is 2.49. The number of benzene rings is 2. The molecule has 0 aliphatic heterocycles. The van der Waals surface area contributed by atoms with E-state index in [1.165, 1.54) is 20.9 Å². The molecule has 0 saturated heterocycles. The van der Waals surface area contributed by atoms with E-state index >= 15 is 0 Å². The first-order valence-corrected chi connectivity index (χ1v) is 9.07. The third-order valence-electron chi connectivity index (χ3n) is 3.46. The molecule has 0 bridgehead atoms. The van der Waals surface area contributed by atoms with Crippen LogP contribution in [-0.4, -0.2) is 0 Å². The van der Waals surface area contributed by atoms with Crippen molar-refractivity contribution in [2.24, 2.45) is 0 Å². The highest BCUT2D eigenvalue weighted by Gasteiger charge is 2.18. The predicted octanol–water partition coefficient (Wildman–Crippen LogP) is 7.28. The van der Waals surface area contributed by atoms with E-state index in [2.05, 4.69) is 83.1 Å². The van der Waals surface area contributed by atoms with Crippen molar-refractivity contribution in [2.45, 2.75) is 69.6 Å². The summed E-state index contributed by atoms with van der Waals surface area (Å²) in [4.78, 5) is 2.74. The van der Waals surface area contributed by atoms with Crippen molar-refractivity contribution in [3.8, 4) is 0 Å². The van der Waals surface area contributed by atoms with Crippen molar-refractivity contribution in [2.75, 3.05) is 0 Å². The standard InChI is InChI=1S/C19H24S.C2H6/c1-14(2)15-10-6-8-12-17(15)20-18-13-9-7-11-16(18)19(3,4)5;1-2/h6-14H,1-5H3;1-2H3. The zero-order valence-corrected chi connectivity index (χ0v) is 15.9. The summed E-state index contributed by atoms with van der Waals surface area (Å²) in [6, 6.07) is 17.5. The lowest BCUT2D eigenvalue weighted by Crippen LogP contribution is -2.12. The van der Waals surface area contributed by atoms with Crippen molar-refractivity contribution in [3.63, 3.8) is 0 Å². The van der Waals surface area contributed by atoms with E-state index < -0.39 is 0 Å². The second kappa shape index (κ2) is 8.43. The molecule has 0 unspecified atom stereocenters. The van der Waals surface area contributed by atoms with Gasteiger partial charge in [0.2, 0.25) is 0 Å². The minimum Gasteiger partial charge on any atom is -0.0895 e. The minimum absolute atomic E-state index is 0.177. The molecule has 0 atom stereocenters. The molecule has 0 aliphatic rings. The van der Waals surface area contributed by atoms with Crippen LogP contribution in [0.15, 0.2) is 58.3 Å². The number of hydrogen-bond acceptors (Lipinski definition) is 1. The second-order valence-electron chi connectivity index (χ2n) is 6.54. The molecule has 0 spiro atoms. The smallest absolute Gasteiger partial charge is 0.0159 e. The summed E-state index contributed by atoms with van der Waals surface area (Å²) in [6.07, 6.45) is 0. The van der Waals surface area contributed by atoms with Crippen molar-refractivity contribution in [1.29, 1.82) is 0 Å². The van der Waals surface area contributed by atoms with E-state index in [0.717, 1.165) is 0 Å². The summed E-state index contributed by atoms with van der Waals surface area (Å²) in [7, 11) is 0. The van der Waals surface area contributed by atoms with E-state index in [9.17, 15) is 0 Å². The number of rotatable bonds is 3. The average molecular weight is 315 g/mol. The largest absolute Gasteiger partial charge is 0.0895 e. The third kappa shape index (κ3) is 4.91. The first-order chi connectivity index (χ1) is 10.4. The Bertz CT molecular complexity index is 576. The highest BCUT2D eigenvalue weighted by molar-refractivity contribution is 7.99. The maximum atomic E-state index is 2.28. The highest BCUT2D eigenvalue weighted by atomic mass is 32.2. The summed E-state index contributed by atoms with van der Waals surface area (Å²) >= 11 is 1.90. The van der Waals surface area contributed by atoms with Gasteiger partial charge >= 0.3 is 0 Å². The van der Waals surface area contributed by atoms with Gasteiger partial charge in [-0.3, -0.25) is 0 Å². The van der Waals surface area contributed by atoms with Gasteiger partial charge in [0, 0.05) is 9.79 Å². The molecule has 0 fully saturated rings. The van der Waals surface area contributed by atoms with Gasteiger partial charge in [0.1, 0.15) is 0 Å². The van der Waals surface area contributed by atoms with Crippen LogP contribution in [0, 0.1) is 0 Å². The predicted molar refractivity (Wildman–Crippen MR) is 101 cm³/mol. The molecule has 2 rings (SSSR count). The fraction of sp³-hybridized carbons (Fsp3) is 0.429. The van der Waals surface area contributed by atoms with Gasteiger partial charge in [-0.05, 0) is 34.6 Å². The van der Waals surface area contributed by atoms with Crippen LogP contribution in [-0.2, 0) is 5.41 Å². The van der Waals surface area contributed by atoms with Crippen LogP contribution < -0.4 is 0 Å². The van der Waals surface area contributed by atoms with Crippen molar-refractivity contribution >= 4 is 11.8 Å². The maximum absolute atomic E-state index is 2.28. The summed E-state index contributed by atoms with van der Waals surface area (Å²) in [5, 5.41) is 0. The molecule has 22 heavy (non-hydrogen) atoms. The summed E-state index contributed by atoms with van der Waals surface area (Å²) in [5.74, 6) is 0.556. The molecule has 0 amide bonds. The van der Waals surface area contributed by atoms with Crippen LogP contribution in [0.4, 0.5) is 0 Å². The minimum atomic E-state index is 0.177. The molecule has 0 aliphatic carbocycles. The zero-order chi connectivity index (χ0) is 16.8. The van der Waals surface area contributed by atoms with E-state index in [-0.39, 0.29) is 5.41 Å². The van der Waals surface area contributed by atoms with Crippen LogP contribution >= 0.6 is 11.8 Å². The second-order valence-corrected chi connectivity index (χ2v) is 7.62. The molecular formula is C21H30S. The maximum Gasteiger partial charge on any atom is 0.0159 e. The molecule has 0 saturated carbocycles. The van der Waals surface area contributed by atoms with Gasteiger partial charge in [0.25, 0.3) is 0 Å². The molecule has 0 nitrogen and oxygen atoms in total. The summed E-state index contributed by atoms with van der Waals surface area (Å²) in [6.45, 7) is 15.4. The lowest BCUT2D eigenvalue weighted by molar-refractivity contribution is 0.578. The van der Waals surface area contributed by atoms with Gasteiger partial charge in [-0.15, -0.1) is 0 Å². The van der Waals surface area contributed by atoms with Gasteiger partial charge in [-0.25, -0.2) is 0 Å².